The molecule has 2 aliphatic heterocycles. The van der Waals surface area contributed by atoms with E-state index in [4.69, 9.17) is 4.74 Å². The van der Waals surface area contributed by atoms with E-state index in [1.54, 1.807) is 17.9 Å². The van der Waals surface area contributed by atoms with E-state index in [2.05, 4.69) is 15.2 Å². The molecule has 9 heteroatoms. The number of anilines is 1. The first kappa shape index (κ1) is 26.6. The lowest BCUT2D eigenvalue weighted by Crippen LogP contribution is -2.49. The largest absolute Gasteiger partial charge is 0.444 e. The van der Waals surface area contributed by atoms with Gasteiger partial charge in [-0.3, -0.25) is 9.79 Å². The molecule has 2 aromatic rings. The first-order valence-corrected chi connectivity index (χ1v) is 12.7. The number of hydrogen-bond acceptors (Lipinski definition) is 5. The first-order chi connectivity index (χ1) is 17.5. The minimum Gasteiger partial charge on any atom is -0.444 e. The number of amides is 2. The lowest BCUT2D eigenvalue weighted by atomic mass is 9.95. The van der Waals surface area contributed by atoms with Crippen molar-refractivity contribution < 1.29 is 23.1 Å². The molecular formula is C28H34F2N4O3. The minimum absolute atomic E-state index is 0.0869. The van der Waals surface area contributed by atoms with Crippen molar-refractivity contribution in [3.8, 4) is 11.1 Å². The number of aryl methyl sites for hydroxylation is 1. The van der Waals surface area contributed by atoms with Gasteiger partial charge < -0.3 is 19.9 Å². The van der Waals surface area contributed by atoms with Gasteiger partial charge in [-0.15, -0.1) is 0 Å². The molecule has 4 rings (SSSR count). The van der Waals surface area contributed by atoms with E-state index >= 15 is 4.39 Å². The van der Waals surface area contributed by atoms with Crippen LogP contribution in [0.2, 0.25) is 0 Å². The summed E-state index contributed by atoms with van der Waals surface area (Å²) in [5.41, 5.74) is 2.14. The molecule has 1 fully saturated rings. The normalized spacial score (nSPS) is 16.0. The van der Waals surface area contributed by atoms with E-state index in [0.29, 0.717) is 37.4 Å². The van der Waals surface area contributed by atoms with E-state index in [9.17, 15) is 14.0 Å². The van der Waals surface area contributed by atoms with Crippen molar-refractivity contribution >= 4 is 29.6 Å². The summed E-state index contributed by atoms with van der Waals surface area (Å²) in [6.45, 7) is 11.3. The molecule has 0 aliphatic carbocycles. The number of rotatable bonds is 4. The molecule has 0 unspecified atom stereocenters. The second-order valence-electron chi connectivity index (χ2n) is 10.5. The van der Waals surface area contributed by atoms with Crippen LogP contribution in [-0.2, 0) is 4.74 Å². The minimum atomic E-state index is -1.16. The fourth-order valence-electron chi connectivity index (χ4n) is 4.85. The summed E-state index contributed by atoms with van der Waals surface area (Å²) in [7, 11) is 0. The lowest BCUT2D eigenvalue weighted by Gasteiger charge is -2.41. The fourth-order valence-corrected chi connectivity index (χ4v) is 4.85. The molecule has 1 N–H and O–H groups in total. The molecule has 0 aromatic heterocycles. The average molecular weight is 513 g/mol. The Morgan fingerprint density at radius 1 is 1.11 bits per heavy atom. The van der Waals surface area contributed by atoms with Crippen molar-refractivity contribution in [2.45, 2.75) is 59.1 Å². The average Bonchev–Trinajstić information content (AvgIpc) is 2.84. The maximum absolute atomic E-state index is 15.1. The molecule has 7 nitrogen and oxygen atoms in total. The number of piperidine rings is 1. The van der Waals surface area contributed by atoms with Crippen molar-refractivity contribution in [3.63, 3.8) is 0 Å². The van der Waals surface area contributed by atoms with Crippen LogP contribution >= 0.6 is 0 Å². The second-order valence-corrected chi connectivity index (χ2v) is 10.5. The zero-order valence-corrected chi connectivity index (χ0v) is 22.0. The highest BCUT2D eigenvalue weighted by molar-refractivity contribution is 5.95. The van der Waals surface area contributed by atoms with Gasteiger partial charge in [-0.25, -0.2) is 13.6 Å². The molecule has 0 saturated carbocycles. The molecule has 1 saturated heterocycles. The van der Waals surface area contributed by atoms with Gasteiger partial charge in [0.2, 0.25) is 0 Å². The standard InChI is InChI=1S/C28H34F2N4O3/c1-6-31-26(35)20-8-7-19(24(29)25(20)30)21-16-22-23(15-17(21)2)34(14-11-32-22)18-9-12-33(13-10-18)27(36)37-28(3,4)5/h7-8,11,15-16,18H,6,9-10,12-14H2,1-5H3,(H,31,35). The molecule has 0 atom stereocenters. The Kier molecular flexibility index (Phi) is 7.52. The first-order valence-electron chi connectivity index (χ1n) is 12.7. The van der Waals surface area contributed by atoms with E-state index in [1.165, 1.54) is 12.1 Å². The molecule has 2 heterocycles. The maximum Gasteiger partial charge on any atom is 0.410 e. The van der Waals surface area contributed by atoms with Crippen LogP contribution in [0.4, 0.5) is 25.0 Å². The van der Waals surface area contributed by atoms with E-state index in [0.717, 1.165) is 24.1 Å². The Morgan fingerprint density at radius 2 is 1.81 bits per heavy atom. The summed E-state index contributed by atoms with van der Waals surface area (Å²) in [5.74, 6) is -2.87. The monoisotopic (exact) mass is 512 g/mol. The number of benzene rings is 2. The predicted octanol–water partition coefficient (Wildman–Crippen LogP) is 5.61. The quantitative estimate of drug-likeness (QED) is 0.578. The van der Waals surface area contributed by atoms with Gasteiger partial charge in [-0.2, -0.15) is 0 Å². The molecular weight excluding hydrogens is 478 g/mol. The number of carbonyl (C=O) groups excluding carboxylic acids is 2. The number of nitrogens with one attached hydrogen (secondary N) is 1. The van der Waals surface area contributed by atoms with Gasteiger partial charge in [0.05, 0.1) is 23.5 Å². The van der Waals surface area contributed by atoms with Gasteiger partial charge in [0, 0.05) is 37.5 Å². The Morgan fingerprint density at radius 3 is 2.46 bits per heavy atom. The third-order valence-corrected chi connectivity index (χ3v) is 6.65. The van der Waals surface area contributed by atoms with Crippen LogP contribution in [0, 0.1) is 18.6 Å². The highest BCUT2D eigenvalue weighted by atomic mass is 19.2. The topological polar surface area (TPSA) is 74.2 Å². The Balaban J connectivity index is 1.56. The van der Waals surface area contributed by atoms with Gasteiger partial charge >= 0.3 is 6.09 Å². The predicted molar refractivity (Wildman–Crippen MR) is 141 cm³/mol. The second kappa shape index (κ2) is 10.5. The number of halogens is 2. The van der Waals surface area contributed by atoms with Crippen LogP contribution in [0.25, 0.3) is 11.1 Å². The van der Waals surface area contributed by atoms with Crippen molar-refractivity contribution in [1.29, 1.82) is 0 Å². The van der Waals surface area contributed by atoms with E-state index in [1.807, 2.05) is 40.0 Å². The summed E-state index contributed by atoms with van der Waals surface area (Å²) in [4.78, 5) is 33.1. The zero-order valence-electron chi connectivity index (χ0n) is 22.0. The summed E-state index contributed by atoms with van der Waals surface area (Å²) in [6.07, 6.45) is 3.10. The maximum atomic E-state index is 15.1. The lowest BCUT2D eigenvalue weighted by molar-refractivity contribution is 0.0205. The highest BCUT2D eigenvalue weighted by Gasteiger charge is 2.31. The number of fused-ring (bicyclic) bond motifs is 1. The van der Waals surface area contributed by atoms with Gasteiger partial charge in [-0.05, 0) is 76.8 Å². The Labute approximate surface area is 216 Å². The molecule has 0 spiro atoms. The Hall–Kier alpha value is -3.49. The van der Waals surface area contributed by atoms with Crippen molar-refractivity contribution in [1.82, 2.24) is 10.2 Å². The van der Waals surface area contributed by atoms with Crippen LogP contribution in [0.15, 0.2) is 29.3 Å². The van der Waals surface area contributed by atoms with Crippen LogP contribution in [0.3, 0.4) is 0 Å². The smallest absolute Gasteiger partial charge is 0.410 e. The number of aliphatic imine (C=N–C) groups is 1. The number of nitrogens with zero attached hydrogens (tertiary/aromatic N) is 3. The summed E-state index contributed by atoms with van der Waals surface area (Å²) in [6, 6.07) is 6.68. The van der Waals surface area contributed by atoms with Crippen LogP contribution in [0.5, 0.6) is 0 Å². The molecule has 2 amide bonds. The summed E-state index contributed by atoms with van der Waals surface area (Å²) >= 11 is 0. The van der Waals surface area contributed by atoms with Crippen LogP contribution in [-0.4, -0.2) is 60.9 Å². The molecule has 0 bridgehead atoms. The molecule has 2 aliphatic rings. The van der Waals surface area contributed by atoms with Gasteiger partial charge in [0.15, 0.2) is 11.6 Å². The van der Waals surface area contributed by atoms with Gasteiger partial charge in [0.1, 0.15) is 5.60 Å². The van der Waals surface area contributed by atoms with Gasteiger partial charge in [-0.1, -0.05) is 6.07 Å². The van der Waals surface area contributed by atoms with Crippen LogP contribution < -0.4 is 10.2 Å². The molecule has 0 radical (unpaired) electrons. The number of likely N-dealkylation sites (tertiary alicyclic amines) is 1. The van der Waals surface area contributed by atoms with E-state index < -0.39 is 23.1 Å². The van der Waals surface area contributed by atoms with Crippen LogP contribution in [0.1, 0.15) is 56.5 Å². The van der Waals surface area contributed by atoms with Crippen molar-refractivity contribution in [2.24, 2.45) is 4.99 Å². The highest BCUT2D eigenvalue weighted by Crippen LogP contribution is 2.40. The number of hydrogen-bond donors (Lipinski definition) is 1. The fraction of sp³-hybridized carbons (Fsp3) is 0.464. The Bertz CT molecular complexity index is 1230. The van der Waals surface area contributed by atoms with Gasteiger partial charge in [0.25, 0.3) is 5.91 Å². The SMILES string of the molecule is CCNC(=O)c1ccc(-c2cc3c(cc2C)N(C2CCN(C(=O)OC(C)(C)C)CC2)CC=N3)c(F)c1F. The summed E-state index contributed by atoms with van der Waals surface area (Å²) < 4.78 is 35.4. The number of ether oxygens (including phenoxy) is 1. The molecule has 37 heavy (non-hydrogen) atoms. The zero-order chi connectivity index (χ0) is 26.9. The third-order valence-electron chi connectivity index (χ3n) is 6.65. The van der Waals surface area contributed by atoms with E-state index in [-0.39, 0.29) is 23.3 Å². The molecule has 2 aromatic carbocycles. The van der Waals surface area contributed by atoms with Crippen molar-refractivity contribution in [2.75, 3.05) is 31.1 Å². The molecule has 198 valence electrons. The number of carbonyl (C=O) groups is 2. The third kappa shape index (κ3) is 5.60. The summed E-state index contributed by atoms with van der Waals surface area (Å²) in [5, 5.41) is 2.50. The van der Waals surface area contributed by atoms with Crippen molar-refractivity contribution in [3.05, 3.63) is 47.0 Å².